The number of para-hydroxylation sites is 1. The number of aryl methyl sites for hydroxylation is 2. The fraction of sp³-hybridized carbons (Fsp3) is 0.250. The molecule has 12 rings (SSSR count). The maximum atomic E-state index is 12.2. The van der Waals surface area contributed by atoms with E-state index >= 15 is 0 Å². The highest BCUT2D eigenvalue weighted by atomic mass is 32.8. The normalized spacial score (nSPS) is 13.5. The molecule has 0 radical (unpaired) electrons. The molecule has 9 aromatic rings. The minimum Gasteiger partial charge on any atom is -0.508 e. The summed E-state index contributed by atoms with van der Waals surface area (Å²) in [5.41, 5.74) is 25.1. The number of nitrogens with two attached hydrogens (primary N) is 1. The number of rotatable bonds is 12. The van der Waals surface area contributed by atoms with Crippen LogP contribution in [-0.4, -0.2) is 60.7 Å². The number of nitrogens with zero attached hydrogens (tertiary/aromatic N) is 1. The number of phenols is 3. The van der Waals surface area contributed by atoms with Crippen LogP contribution in [-0.2, 0) is 61.2 Å². The van der Waals surface area contributed by atoms with Crippen LogP contribution < -0.4 is 5.73 Å². The van der Waals surface area contributed by atoms with E-state index in [2.05, 4.69) is 243 Å². The van der Waals surface area contributed by atoms with Crippen LogP contribution in [0.5, 0.6) is 17.2 Å². The largest absolute Gasteiger partial charge is 0.508 e. The fourth-order valence-corrected chi connectivity index (χ4v) is 12.8. The van der Waals surface area contributed by atoms with E-state index in [9.17, 15) is 15.3 Å². The molecule has 0 spiro atoms. The van der Waals surface area contributed by atoms with E-state index < -0.39 is 10.8 Å². The number of hydrogen-bond acceptors (Lipinski definition) is 9. The van der Waals surface area contributed by atoms with Crippen LogP contribution in [0.15, 0.2) is 194 Å². The lowest BCUT2D eigenvalue weighted by atomic mass is 9.73. The summed E-state index contributed by atoms with van der Waals surface area (Å²) in [6, 6.07) is 67.5. The van der Waals surface area contributed by atoms with Gasteiger partial charge in [-0.2, -0.15) is 0 Å². The molecule has 0 bridgehead atoms. The lowest BCUT2D eigenvalue weighted by Gasteiger charge is -2.32. The Morgan fingerprint density at radius 1 is 0.407 bits per heavy atom. The molecule has 5 N–H and O–H groups in total. The van der Waals surface area contributed by atoms with E-state index in [0.717, 1.165) is 38.9 Å². The van der Waals surface area contributed by atoms with E-state index in [4.69, 9.17) is 10.5 Å². The Labute approximate surface area is 491 Å². The molecule has 9 heteroatoms. The van der Waals surface area contributed by atoms with Gasteiger partial charge in [-0.3, -0.25) is 4.90 Å². The molecular weight excluding hydrogens is 1040 g/mol. The van der Waals surface area contributed by atoms with Crippen molar-refractivity contribution in [3.63, 3.8) is 0 Å². The molecule has 9 aromatic carbocycles. The standard InChI is InChI=1S/C46H43NO3.C21H18O.C3H9NO.2CH4.S2/c1-30-26-32(44(49)42(27-30)46(3)39-21-11-7-17-35(39)36-18-8-12-22-40(36)46)29-47(24-25-50-4)28-31-14-13-23-41(43(31)48)45(2)37-19-9-5-15-33(37)34-16-6-10-20-38(34)45;1-14-11-12-20(22)19(13-14)21(2)17-9-5-3-7-15(17)16-8-4-6-10-18(16)21;1-5-3-2-4;;;1-2/h5-23,26-27,48-49H,24-25,28-29H2,1-4H3;3-13,22H,1-2H3;2-4H2,1H3;2*1H4;. The Kier molecular flexibility index (Phi) is 19.7. The van der Waals surface area contributed by atoms with E-state index in [1.165, 1.54) is 66.8 Å². The zero-order valence-corrected chi connectivity index (χ0v) is 47.9. The number of aromatic hydroxyl groups is 3. The number of benzene rings is 9. The maximum absolute atomic E-state index is 12.2. The van der Waals surface area contributed by atoms with Gasteiger partial charge in [0.15, 0.2) is 0 Å². The van der Waals surface area contributed by atoms with Crippen LogP contribution in [0.2, 0.25) is 0 Å². The third-order valence-corrected chi connectivity index (χ3v) is 16.6. The van der Waals surface area contributed by atoms with Gasteiger partial charge >= 0.3 is 0 Å². The van der Waals surface area contributed by atoms with Crippen LogP contribution in [0, 0.1) is 13.8 Å². The minimum absolute atomic E-state index is 0. The molecule has 0 atom stereocenters. The first kappa shape index (κ1) is 61.3. The highest BCUT2D eigenvalue weighted by molar-refractivity contribution is 8.07. The Balaban J connectivity index is 0.000000253. The van der Waals surface area contributed by atoms with Gasteiger partial charge in [-0.25, -0.2) is 0 Å². The molecule has 0 amide bonds. The van der Waals surface area contributed by atoms with Gasteiger partial charge in [0.25, 0.3) is 0 Å². The topological polar surface area (TPSA) is 108 Å². The fourth-order valence-electron chi connectivity index (χ4n) is 12.8. The van der Waals surface area contributed by atoms with Gasteiger partial charge in [0.1, 0.15) is 17.2 Å². The summed E-state index contributed by atoms with van der Waals surface area (Å²) in [5.74, 6) is 0.987. The second-order valence-electron chi connectivity index (χ2n) is 21.3. The first-order valence-corrected chi connectivity index (χ1v) is 28.2. The predicted molar refractivity (Wildman–Crippen MR) is 341 cm³/mol. The third kappa shape index (κ3) is 11.0. The summed E-state index contributed by atoms with van der Waals surface area (Å²) >= 11 is 7.33. The number of methoxy groups -OCH3 is 2. The van der Waals surface area contributed by atoms with Crippen molar-refractivity contribution in [2.75, 3.05) is 40.5 Å². The third-order valence-electron chi connectivity index (χ3n) is 16.6. The molecule has 0 aliphatic heterocycles. The van der Waals surface area contributed by atoms with Gasteiger partial charge in [0.2, 0.25) is 0 Å². The van der Waals surface area contributed by atoms with Crippen LogP contribution in [0.4, 0.5) is 0 Å². The summed E-state index contributed by atoms with van der Waals surface area (Å²) < 4.78 is 10.1. The Bertz CT molecular complexity index is 3510. The monoisotopic (exact) mass is 1110 g/mol. The zero-order chi connectivity index (χ0) is 56.1. The van der Waals surface area contributed by atoms with Gasteiger partial charge in [0, 0.05) is 107 Å². The summed E-state index contributed by atoms with van der Waals surface area (Å²) in [4.78, 5) is 2.26. The van der Waals surface area contributed by atoms with Crippen LogP contribution in [0.1, 0.15) is 108 Å². The quantitative estimate of drug-likeness (QED) is 0.0951. The molecule has 0 saturated heterocycles. The van der Waals surface area contributed by atoms with Crippen molar-refractivity contribution in [1.82, 2.24) is 4.90 Å². The van der Waals surface area contributed by atoms with Gasteiger partial charge < -0.3 is 30.5 Å². The number of fused-ring (bicyclic) bond motifs is 9. The molecular formula is C72H78N2O5S2. The Morgan fingerprint density at radius 3 is 1.15 bits per heavy atom. The van der Waals surface area contributed by atoms with E-state index in [-0.39, 0.29) is 20.3 Å². The molecule has 3 aliphatic carbocycles. The van der Waals surface area contributed by atoms with Crippen molar-refractivity contribution < 1.29 is 24.8 Å². The van der Waals surface area contributed by atoms with Gasteiger partial charge in [-0.1, -0.05) is 214 Å². The van der Waals surface area contributed by atoms with Crippen molar-refractivity contribution in [3.8, 4) is 50.6 Å². The van der Waals surface area contributed by atoms with Crippen molar-refractivity contribution in [1.29, 1.82) is 0 Å². The zero-order valence-electron chi connectivity index (χ0n) is 46.2. The molecule has 3 aliphatic rings. The Hall–Kier alpha value is -7.34. The minimum atomic E-state index is -0.509. The van der Waals surface area contributed by atoms with E-state index in [1.807, 2.05) is 12.1 Å². The maximum Gasteiger partial charge on any atom is 0.124 e. The molecule has 0 aromatic heterocycles. The number of ether oxygens (including phenoxy) is 2. The summed E-state index contributed by atoms with van der Waals surface area (Å²) in [7, 11) is 3.34. The Morgan fingerprint density at radius 2 is 0.753 bits per heavy atom. The lowest BCUT2D eigenvalue weighted by molar-refractivity contribution is 0.138. The van der Waals surface area contributed by atoms with Gasteiger partial charge in [0.05, 0.1) is 13.2 Å². The lowest BCUT2D eigenvalue weighted by Crippen LogP contribution is -2.28. The smallest absolute Gasteiger partial charge is 0.124 e. The highest BCUT2D eigenvalue weighted by Gasteiger charge is 2.45. The second-order valence-corrected chi connectivity index (χ2v) is 21.3. The summed E-state index contributed by atoms with van der Waals surface area (Å²) in [6.45, 7) is 14.3. The molecule has 0 fully saturated rings. The van der Waals surface area contributed by atoms with Crippen LogP contribution >= 0.6 is 0 Å². The van der Waals surface area contributed by atoms with Crippen LogP contribution in [0.25, 0.3) is 33.4 Å². The second kappa shape index (κ2) is 26.1. The number of hydrogen-bond donors (Lipinski definition) is 4. The van der Waals surface area contributed by atoms with Crippen molar-refractivity contribution in [3.05, 3.63) is 266 Å². The molecule has 81 heavy (non-hydrogen) atoms. The van der Waals surface area contributed by atoms with E-state index in [1.54, 1.807) is 20.3 Å². The first-order valence-electron chi connectivity index (χ1n) is 26.9. The summed E-state index contributed by atoms with van der Waals surface area (Å²) in [6.07, 6.45) is 0. The van der Waals surface area contributed by atoms with Crippen molar-refractivity contribution >= 4 is 22.4 Å². The van der Waals surface area contributed by atoms with Crippen LogP contribution in [0.3, 0.4) is 0 Å². The molecule has 418 valence electrons. The van der Waals surface area contributed by atoms with Gasteiger partial charge in [-0.15, -0.1) is 0 Å². The molecule has 7 nitrogen and oxygen atoms in total. The average Bonchev–Trinajstić information content (AvgIpc) is 4.06. The summed E-state index contributed by atoms with van der Waals surface area (Å²) in [5, 5.41) is 34.8. The highest BCUT2D eigenvalue weighted by Crippen LogP contribution is 2.57. The average molecular weight is 1120 g/mol. The van der Waals surface area contributed by atoms with Crippen molar-refractivity contribution in [2.45, 2.75) is 78.8 Å². The van der Waals surface area contributed by atoms with E-state index in [0.29, 0.717) is 56.6 Å². The van der Waals surface area contributed by atoms with Gasteiger partial charge in [-0.05, 0) is 107 Å². The van der Waals surface area contributed by atoms with Crippen molar-refractivity contribution in [2.24, 2.45) is 5.73 Å². The SMILES string of the molecule is C.C.COCCN.COCCN(Cc1cccc(C2(C)c3ccccc3-c3ccccc32)c1O)Cc1cc(C)cc(C2(C)c3ccccc3-c3ccccc32)c1O.Cc1ccc(O)c(C2(C)c3ccccc3-c3ccccc32)c1.S=S. The predicted octanol–water partition coefficient (Wildman–Crippen LogP) is 15.6. The first-order chi connectivity index (χ1) is 38.3. The molecule has 0 heterocycles. The number of phenolic OH excluding ortho intramolecular Hbond substituents is 3. The molecule has 0 unspecified atom stereocenters. The molecule has 0 saturated carbocycles.